The molecule has 0 aromatic heterocycles. The molecule has 2 saturated heterocycles. The summed E-state index contributed by atoms with van der Waals surface area (Å²) in [7, 11) is 1.61. The highest BCUT2D eigenvalue weighted by atomic mass is 79.9. The maximum Gasteiger partial charge on any atom is 0.246 e. The van der Waals surface area contributed by atoms with E-state index in [1.54, 1.807) is 16.9 Å². The van der Waals surface area contributed by atoms with Crippen LogP contribution in [-0.4, -0.2) is 47.9 Å². The lowest BCUT2D eigenvalue weighted by atomic mass is 10.1. The van der Waals surface area contributed by atoms with Gasteiger partial charge in [0.1, 0.15) is 18.3 Å². The number of hydrogen-bond acceptors (Lipinski definition) is 3. The van der Waals surface area contributed by atoms with E-state index in [1.165, 1.54) is 0 Å². The maximum atomic E-state index is 12.5. The van der Waals surface area contributed by atoms with Gasteiger partial charge in [0.15, 0.2) is 0 Å². The number of benzene rings is 1. The molecular weight excluding hydrogens is 336 g/mol. The number of halogens is 1. The van der Waals surface area contributed by atoms with Crippen LogP contribution in [0.2, 0.25) is 0 Å². The zero-order chi connectivity index (χ0) is 15.0. The third kappa shape index (κ3) is 2.64. The fourth-order valence-electron chi connectivity index (χ4n) is 3.03. The number of fused-ring (bicyclic) bond motifs is 1. The van der Waals surface area contributed by atoms with Crippen molar-refractivity contribution in [2.75, 3.05) is 20.2 Å². The van der Waals surface area contributed by atoms with Crippen molar-refractivity contribution < 1.29 is 14.3 Å². The SMILES string of the molecule is COc1ccc(CN2CC(=O)N3CCCC3C2=O)cc1Br. The van der Waals surface area contributed by atoms with Crippen molar-refractivity contribution in [3.05, 3.63) is 28.2 Å². The fraction of sp³-hybridized carbons (Fsp3) is 0.467. The van der Waals surface area contributed by atoms with Gasteiger partial charge < -0.3 is 14.5 Å². The summed E-state index contributed by atoms with van der Waals surface area (Å²) in [6.07, 6.45) is 1.71. The van der Waals surface area contributed by atoms with E-state index in [4.69, 9.17) is 4.74 Å². The molecule has 2 aliphatic rings. The van der Waals surface area contributed by atoms with Crippen LogP contribution in [0, 0.1) is 0 Å². The number of piperazine rings is 1. The van der Waals surface area contributed by atoms with Crippen LogP contribution in [0.1, 0.15) is 18.4 Å². The molecule has 112 valence electrons. The number of rotatable bonds is 3. The second kappa shape index (κ2) is 5.67. The molecule has 2 amide bonds. The number of methoxy groups -OCH3 is 1. The fourth-order valence-corrected chi connectivity index (χ4v) is 3.62. The molecule has 0 saturated carbocycles. The van der Waals surface area contributed by atoms with Crippen molar-refractivity contribution in [2.24, 2.45) is 0 Å². The number of amides is 2. The summed E-state index contributed by atoms with van der Waals surface area (Å²) in [5, 5.41) is 0. The first-order valence-corrected chi connectivity index (χ1v) is 7.80. The molecule has 21 heavy (non-hydrogen) atoms. The molecule has 2 fully saturated rings. The Morgan fingerprint density at radius 3 is 2.90 bits per heavy atom. The Hall–Kier alpha value is -1.56. The van der Waals surface area contributed by atoms with Crippen LogP contribution in [0.5, 0.6) is 5.75 Å². The average molecular weight is 353 g/mol. The van der Waals surface area contributed by atoms with Crippen LogP contribution in [0.15, 0.2) is 22.7 Å². The molecule has 5 nitrogen and oxygen atoms in total. The van der Waals surface area contributed by atoms with E-state index < -0.39 is 0 Å². The molecule has 2 aliphatic heterocycles. The molecule has 3 rings (SSSR count). The van der Waals surface area contributed by atoms with E-state index in [2.05, 4.69) is 15.9 Å². The van der Waals surface area contributed by atoms with Gasteiger partial charge in [-0.3, -0.25) is 9.59 Å². The third-order valence-electron chi connectivity index (χ3n) is 4.09. The predicted molar refractivity (Wildman–Crippen MR) is 80.8 cm³/mol. The Morgan fingerprint density at radius 1 is 1.38 bits per heavy atom. The van der Waals surface area contributed by atoms with Gasteiger partial charge in [-0.15, -0.1) is 0 Å². The largest absolute Gasteiger partial charge is 0.496 e. The summed E-state index contributed by atoms with van der Waals surface area (Å²) >= 11 is 3.44. The lowest BCUT2D eigenvalue weighted by Gasteiger charge is -2.36. The lowest BCUT2D eigenvalue weighted by molar-refractivity contribution is -0.154. The summed E-state index contributed by atoms with van der Waals surface area (Å²) in [6.45, 7) is 1.35. The number of carbonyl (C=O) groups is 2. The highest BCUT2D eigenvalue weighted by Gasteiger charge is 2.41. The minimum Gasteiger partial charge on any atom is -0.496 e. The Morgan fingerprint density at radius 2 is 2.19 bits per heavy atom. The molecule has 0 radical (unpaired) electrons. The van der Waals surface area contributed by atoms with Crippen molar-refractivity contribution in [2.45, 2.75) is 25.4 Å². The molecule has 0 aliphatic carbocycles. The summed E-state index contributed by atoms with van der Waals surface area (Å²) in [5.74, 6) is 0.880. The Balaban J connectivity index is 1.76. The van der Waals surface area contributed by atoms with Crippen molar-refractivity contribution in [3.63, 3.8) is 0 Å². The lowest BCUT2D eigenvalue weighted by Crippen LogP contribution is -2.56. The molecule has 1 atom stereocenters. The quantitative estimate of drug-likeness (QED) is 0.833. The summed E-state index contributed by atoms with van der Waals surface area (Å²) < 4.78 is 6.04. The van der Waals surface area contributed by atoms with E-state index in [0.717, 1.165) is 35.2 Å². The molecular formula is C15H17BrN2O3. The van der Waals surface area contributed by atoms with Gasteiger partial charge in [0, 0.05) is 13.1 Å². The second-order valence-electron chi connectivity index (χ2n) is 5.41. The normalized spacial score (nSPS) is 21.7. The summed E-state index contributed by atoms with van der Waals surface area (Å²) in [5.41, 5.74) is 0.982. The van der Waals surface area contributed by atoms with Crippen LogP contribution in [0.4, 0.5) is 0 Å². The first-order chi connectivity index (χ1) is 10.1. The summed E-state index contributed by atoms with van der Waals surface area (Å²) in [4.78, 5) is 27.9. The Labute approximate surface area is 132 Å². The number of ether oxygens (including phenoxy) is 1. The van der Waals surface area contributed by atoms with Gasteiger partial charge in [-0.2, -0.15) is 0 Å². The maximum absolute atomic E-state index is 12.5. The van der Waals surface area contributed by atoms with E-state index in [9.17, 15) is 9.59 Å². The first kappa shape index (κ1) is 14.4. The minimum absolute atomic E-state index is 0.0599. The zero-order valence-corrected chi connectivity index (χ0v) is 13.4. The molecule has 1 aromatic carbocycles. The molecule has 2 heterocycles. The van der Waals surface area contributed by atoms with Gasteiger partial charge in [0.05, 0.1) is 11.6 Å². The van der Waals surface area contributed by atoms with Crippen LogP contribution < -0.4 is 4.74 Å². The molecule has 1 unspecified atom stereocenters. The smallest absolute Gasteiger partial charge is 0.246 e. The van der Waals surface area contributed by atoms with Crippen molar-refractivity contribution in [1.82, 2.24) is 9.80 Å². The average Bonchev–Trinajstić information content (AvgIpc) is 2.95. The molecule has 0 N–H and O–H groups in total. The zero-order valence-electron chi connectivity index (χ0n) is 11.8. The van der Waals surface area contributed by atoms with E-state index in [0.29, 0.717) is 6.54 Å². The van der Waals surface area contributed by atoms with Crippen molar-refractivity contribution >= 4 is 27.7 Å². The van der Waals surface area contributed by atoms with Crippen LogP contribution in [0.3, 0.4) is 0 Å². The van der Waals surface area contributed by atoms with Gasteiger partial charge >= 0.3 is 0 Å². The Kier molecular flexibility index (Phi) is 3.89. The molecule has 6 heteroatoms. The molecule has 0 bridgehead atoms. The van der Waals surface area contributed by atoms with Gasteiger partial charge in [0.2, 0.25) is 11.8 Å². The van der Waals surface area contributed by atoms with Crippen LogP contribution in [-0.2, 0) is 16.1 Å². The van der Waals surface area contributed by atoms with E-state index in [-0.39, 0.29) is 24.4 Å². The topological polar surface area (TPSA) is 49.9 Å². The van der Waals surface area contributed by atoms with Crippen LogP contribution >= 0.6 is 15.9 Å². The van der Waals surface area contributed by atoms with Crippen LogP contribution in [0.25, 0.3) is 0 Å². The Bertz CT molecular complexity index is 590. The highest BCUT2D eigenvalue weighted by molar-refractivity contribution is 9.10. The first-order valence-electron chi connectivity index (χ1n) is 7.01. The number of hydrogen-bond donors (Lipinski definition) is 0. The number of nitrogens with zero attached hydrogens (tertiary/aromatic N) is 2. The molecule has 1 aromatic rings. The van der Waals surface area contributed by atoms with Gasteiger partial charge in [-0.05, 0) is 46.5 Å². The number of carbonyl (C=O) groups excluding carboxylic acids is 2. The minimum atomic E-state index is -0.243. The highest BCUT2D eigenvalue weighted by Crippen LogP contribution is 2.28. The second-order valence-corrected chi connectivity index (χ2v) is 6.26. The molecule has 0 spiro atoms. The van der Waals surface area contributed by atoms with E-state index >= 15 is 0 Å². The summed E-state index contributed by atoms with van der Waals surface area (Å²) in [6, 6.07) is 5.46. The predicted octanol–water partition coefficient (Wildman–Crippen LogP) is 1.79. The van der Waals surface area contributed by atoms with Gasteiger partial charge in [-0.25, -0.2) is 0 Å². The van der Waals surface area contributed by atoms with Crippen molar-refractivity contribution in [1.29, 1.82) is 0 Å². The standard InChI is InChI=1S/C15H17BrN2O3/c1-21-13-5-4-10(7-11(13)16)8-17-9-14(19)18-6-2-3-12(18)15(17)20/h4-5,7,12H,2-3,6,8-9H2,1H3. The van der Waals surface area contributed by atoms with Gasteiger partial charge in [0.25, 0.3) is 0 Å². The third-order valence-corrected chi connectivity index (χ3v) is 4.71. The van der Waals surface area contributed by atoms with E-state index in [1.807, 2.05) is 18.2 Å². The van der Waals surface area contributed by atoms with Crippen molar-refractivity contribution in [3.8, 4) is 5.75 Å². The van der Waals surface area contributed by atoms with Gasteiger partial charge in [-0.1, -0.05) is 6.07 Å². The monoisotopic (exact) mass is 352 g/mol.